The highest BCUT2D eigenvalue weighted by atomic mass is 35.5. The zero-order chi connectivity index (χ0) is 16.1. The number of nitrogens with one attached hydrogen (secondary N) is 1. The Balaban J connectivity index is 2.01. The average molecular weight is 336 g/mol. The van der Waals surface area contributed by atoms with Crippen LogP contribution in [0.3, 0.4) is 0 Å². The first kappa shape index (κ1) is 16.7. The minimum Gasteiger partial charge on any atom is -0.497 e. The van der Waals surface area contributed by atoms with E-state index in [1.165, 1.54) is 11.8 Å². The molecule has 1 unspecified atom stereocenters. The highest BCUT2D eigenvalue weighted by molar-refractivity contribution is 8.00. The van der Waals surface area contributed by atoms with Crippen LogP contribution in [-0.2, 0) is 4.79 Å². The fourth-order valence-electron chi connectivity index (χ4n) is 1.89. The monoisotopic (exact) mass is 335 g/mol. The van der Waals surface area contributed by atoms with E-state index in [4.69, 9.17) is 16.3 Å². The molecule has 1 atom stereocenters. The molecule has 0 radical (unpaired) electrons. The van der Waals surface area contributed by atoms with Crippen LogP contribution in [0.4, 0.5) is 5.69 Å². The van der Waals surface area contributed by atoms with E-state index >= 15 is 0 Å². The van der Waals surface area contributed by atoms with Crippen LogP contribution in [0.2, 0.25) is 5.02 Å². The Morgan fingerprint density at radius 1 is 1.23 bits per heavy atom. The number of methoxy groups -OCH3 is 1. The van der Waals surface area contributed by atoms with E-state index in [1.807, 2.05) is 56.3 Å². The summed E-state index contributed by atoms with van der Waals surface area (Å²) in [6.45, 7) is 3.77. The van der Waals surface area contributed by atoms with Crippen molar-refractivity contribution in [1.82, 2.24) is 0 Å². The lowest BCUT2D eigenvalue weighted by Gasteiger charge is -2.14. The normalized spacial score (nSPS) is 11.8. The van der Waals surface area contributed by atoms with Gasteiger partial charge < -0.3 is 10.1 Å². The largest absolute Gasteiger partial charge is 0.497 e. The summed E-state index contributed by atoms with van der Waals surface area (Å²) in [6.07, 6.45) is 0. The lowest BCUT2D eigenvalue weighted by Crippen LogP contribution is -2.22. The van der Waals surface area contributed by atoms with Gasteiger partial charge in [-0.15, -0.1) is 11.8 Å². The summed E-state index contributed by atoms with van der Waals surface area (Å²) in [4.78, 5) is 13.3. The number of hydrogen-bond acceptors (Lipinski definition) is 3. The van der Waals surface area contributed by atoms with Crippen LogP contribution in [0.25, 0.3) is 0 Å². The second-order valence-corrected chi connectivity index (χ2v) is 6.66. The van der Waals surface area contributed by atoms with Crippen LogP contribution in [0, 0.1) is 6.92 Å². The van der Waals surface area contributed by atoms with E-state index in [2.05, 4.69) is 5.32 Å². The Morgan fingerprint density at radius 3 is 2.55 bits per heavy atom. The van der Waals surface area contributed by atoms with Crippen molar-refractivity contribution in [2.45, 2.75) is 24.0 Å². The van der Waals surface area contributed by atoms with Crippen LogP contribution < -0.4 is 10.1 Å². The number of ether oxygens (including phenoxy) is 1. The highest BCUT2D eigenvalue weighted by Crippen LogP contribution is 2.27. The van der Waals surface area contributed by atoms with Gasteiger partial charge in [0.05, 0.1) is 12.4 Å². The van der Waals surface area contributed by atoms with Gasteiger partial charge in [-0.25, -0.2) is 0 Å². The maximum Gasteiger partial charge on any atom is 0.237 e. The van der Waals surface area contributed by atoms with Crippen LogP contribution in [-0.4, -0.2) is 18.3 Å². The molecule has 0 spiro atoms. The van der Waals surface area contributed by atoms with E-state index in [-0.39, 0.29) is 11.2 Å². The van der Waals surface area contributed by atoms with Gasteiger partial charge in [-0.2, -0.15) is 0 Å². The van der Waals surface area contributed by atoms with Crippen molar-refractivity contribution in [3.8, 4) is 5.75 Å². The summed E-state index contributed by atoms with van der Waals surface area (Å²) in [7, 11) is 1.63. The summed E-state index contributed by atoms with van der Waals surface area (Å²) in [5, 5.41) is 3.36. The first-order valence-electron chi connectivity index (χ1n) is 6.88. The second kappa shape index (κ2) is 7.56. The van der Waals surface area contributed by atoms with Gasteiger partial charge in [0.2, 0.25) is 5.91 Å². The number of carbonyl (C=O) groups excluding carboxylic acids is 1. The van der Waals surface area contributed by atoms with E-state index in [9.17, 15) is 4.79 Å². The predicted molar refractivity (Wildman–Crippen MR) is 93.1 cm³/mol. The Morgan fingerprint density at radius 2 is 1.91 bits per heavy atom. The van der Waals surface area contributed by atoms with Gasteiger partial charge in [0, 0.05) is 15.6 Å². The molecule has 22 heavy (non-hydrogen) atoms. The lowest BCUT2D eigenvalue weighted by atomic mass is 10.2. The number of halogens is 1. The van der Waals surface area contributed by atoms with Crippen molar-refractivity contribution in [1.29, 1.82) is 0 Å². The molecule has 1 N–H and O–H groups in total. The molecule has 2 aromatic rings. The maximum absolute atomic E-state index is 12.3. The van der Waals surface area contributed by atoms with Gasteiger partial charge in [-0.3, -0.25) is 4.79 Å². The van der Waals surface area contributed by atoms with E-state index in [1.54, 1.807) is 7.11 Å². The molecule has 5 heteroatoms. The van der Waals surface area contributed by atoms with Crippen LogP contribution in [0.5, 0.6) is 5.75 Å². The van der Waals surface area contributed by atoms with Crippen molar-refractivity contribution in [2.75, 3.05) is 12.4 Å². The fraction of sp³-hybridized carbons (Fsp3) is 0.235. The molecule has 0 aliphatic carbocycles. The molecule has 0 aliphatic rings. The number of hydrogen-bond donors (Lipinski definition) is 1. The topological polar surface area (TPSA) is 38.3 Å². The first-order valence-corrected chi connectivity index (χ1v) is 8.13. The molecule has 0 heterocycles. The molecular weight excluding hydrogens is 318 g/mol. The SMILES string of the molecule is COc1ccc(SC(C)C(=O)Nc2cccc(Cl)c2C)cc1. The zero-order valence-electron chi connectivity index (χ0n) is 12.7. The Labute approximate surface area is 140 Å². The molecule has 2 aromatic carbocycles. The van der Waals surface area contributed by atoms with Crippen molar-refractivity contribution in [3.63, 3.8) is 0 Å². The molecule has 3 nitrogen and oxygen atoms in total. The van der Waals surface area contributed by atoms with E-state index < -0.39 is 0 Å². The van der Waals surface area contributed by atoms with E-state index in [0.717, 1.165) is 21.9 Å². The second-order valence-electron chi connectivity index (χ2n) is 4.84. The molecule has 0 aliphatic heterocycles. The minimum absolute atomic E-state index is 0.0498. The molecule has 1 amide bonds. The van der Waals surface area contributed by atoms with Gasteiger partial charge in [-0.05, 0) is 55.8 Å². The molecule has 0 saturated carbocycles. The molecule has 2 rings (SSSR count). The third kappa shape index (κ3) is 4.18. The average Bonchev–Trinajstić information content (AvgIpc) is 2.52. The predicted octanol–water partition coefficient (Wildman–Crippen LogP) is 4.78. The molecule has 0 saturated heterocycles. The third-order valence-corrected chi connectivity index (χ3v) is 4.79. The molecule has 0 bridgehead atoms. The fourth-order valence-corrected chi connectivity index (χ4v) is 2.93. The third-order valence-electron chi connectivity index (χ3n) is 3.27. The van der Waals surface area contributed by atoms with E-state index in [0.29, 0.717) is 5.02 Å². The number of amides is 1. The Bertz CT molecular complexity index is 658. The molecule has 116 valence electrons. The Kier molecular flexibility index (Phi) is 5.75. The number of thioether (sulfide) groups is 1. The number of carbonyl (C=O) groups is 1. The number of rotatable bonds is 5. The summed E-state index contributed by atoms with van der Waals surface area (Å²) in [5.74, 6) is 0.752. The van der Waals surface area contributed by atoms with Crippen LogP contribution in [0.1, 0.15) is 12.5 Å². The quantitative estimate of drug-likeness (QED) is 0.799. The summed E-state index contributed by atoms with van der Waals surface area (Å²) in [5.41, 5.74) is 1.62. The zero-order valence-corrected chi connectivity index (χ0v) is 14.3. The van der Waals surface area contributed by atoms with Crippen molar-refractivity contribution in [2.24, 2.45) is 0 Å². The Hall–Kier alpha value is -1.65. The van der Waals surface area contributed by atoms with Crippen molar-refractivity contribution in [3.05, 3.63) is 53.1 Å². The van der Waals surface area contributed by atoms with Crippen molar-refractivity contribution < 1.29 is 9.53 Å². The van der Waals surface area contributed by atoms with Gasteiger partial charge in [0.25, 0.3) is 0 Å². The summed E-state index contributed by atoms with van der Waals surface area (Å²) in [6, 6.07) is 13.1. The van der Waals surface area contributed by atoms with Gasteiger partial charge in [0.15, 0.2) is 0 Å². The maximum atomic E-state index is 12.3. The molecular formula is C17H18ClNO2S. The minimum atomic E-state index is -0.216. The smallest absolute Gasteiger partial charge is 0.237 e. The standard InChI is InChI=1S/C17H18ClNO2S/c1-11-15(18)5-4-6-16(11)19-17(20)12(2)22-14-9-7-13(21-3)8-10-14/h4-10,12H,1-3H3,(H,19,20). The first-order chi connectivity index (χ1) is 10.5. The number of anilines is 1. The van der Waals surface area contributed by atoms with Crippen molar-refractivity contribution >= 4 is 35.0 Å². The molecule has 0 aromatic heterocycles. The number of benzene rings is 2. The van der Waals surface area contributed by atoms with Gasteiger partial charge in [-0.1, -0.05) is 17.7 Å². The van der Waals surface area contributed by atoms with Gasteiger partial charge >= 0.3 is 0 Å². The highest BCUT2D eigenvalue weighted by Gasteiger charge is 2.16. The summed E-state index contributed by atoms with van der Waals surface area (Å²) < 4.78 is 5.12. The molecule has 0 fully saturated rings. The lowest BCUT2D eigenvalue weighted by molar-refractivity contribution is -0.115. The summed E-state index contributed by atoms with van der Waals surface area (Å²) >= 11 is 7.57. The van der Waals surface area contributed by atoms with Crippen LogP contribution in [0.15, 0.2) is 47.4 Å². The van der Waals surface area contributed by atoms with Crippen LogP contribution >= 0.6 is 23.4 Å². The van der Waals surface area contributed by atoms with Gasteiger partial charge in [0.1, 0.15) is 5.75 Å².